The van der Waals surface area contributed by atoms with Gasteiger partial charge in [0, 0.05) is 6.61 Å². The van der Waals surface area contributed by atoms with E-state index in [2.05, 4.69) is 18.4 Å². The smallest absolute Gasteiger partial charge is 0.376 e. The van der Waals surface area contributed by atoms with Gasteiger partial charge >= 0.3 is 7.82 Å². The van der Waals surface area contributed by atoms with E-state index in [4.69, 9.17) is 19.3 Å². The van der Waals surface area contributed by atoms with Gasteiger partial charge in [0.2, 0.25) is 0 Å². The summed E-state index contributed by atoms with van der Waals surface area (Å²) in [5.41, 5.74) is 0. The van der Waals surface area contributed by atoms with Crippen molar-refractivity contribution in [2.45, 2.75) is 59.0 Å². The van der Waals surface area contributed by atoms with Gasteiger partial charge < -0.3 is 19.3 Å². The zero-order valence-corrected chi connectivity index (χ0v) is 14.4. The maximum atomic E-state index is 10.4. The van der Waals surface area contributed by atoms with Gasteiger partial charge in [-0.15, -0.1) is 0 Å². The van der Waals surface area contributed by atoms with Crippen LogP contribution < -0.4 is 0 Å². The van der Waals surface area contributed by atoms with Crippen molar-refractivity contribution in [1.82, 2.24) is 0 Å². The molecule has 7 heteroatoms. The Labute approximate surface area is 128 Å². The molecule has 0 fully saturated rings. The topological polar surface area (TPSA) is 85.2 Å². The molecule has 0 aromatic heterocycles. The molecule has 128 valence electrons. The minimum atomic E-state index is -4.38. The van der Waals surface area contributed by atoms with Gasteiger partial charge in [0.25, 0.3) is 0 Å². The third kappa shape index (κ3) is 14.7. The van der Waals surface area contributed by atoms with Gasteiger partial charge in [0.1, 0.15) is 0 Å². The van der Waals surface area contributed by atoms with Gasteiger partial charge in [-0.2, -0.15) is 0 Å². The largest absolute Gasteiger partial charge is 0.469 e. The van der Waals surface area contributed by atoms with Crippen LogP contribution in [0, 0.1) is 5.92 Å². The van der Waals surface area contributed by atoms with Gasteiger partial charge in [0.15, 0.2) is 0 Å². The van der Waals surface area contributed by atoms with Gasteiger partial charge in [-0.1, -0.05) is 39.5 Å². The van der Waals surface area contributed by atoms with E-state index in [9.17, 15) is 4.57 Å². The fourth-order valence-corrected chi connectivity index (χ4v) is 2.21. The molecule has 21 heavy (non-hydrogen) atoms. The van der Waals surface area contributed by atoms with Gasteiger partial charge in [-0.3, -0.25) is 4.52 Å². The molecule has 2 unspecified atom stereocenters. The second kappa shape index (κ2) is 12.6. The maximum Gasteiger partial charge on any atom is 0.469 e. The molecule has 0 radical (unpaired) electrons. The summed E-state index contributed by atoms with van der Waals surface area (Å²) >= 11 is 0. The van der Waals surface area contributed by atoms with Crippen LogP contribution in [0.5, 0.6) is 0 Å². The van der Waals surface area contributed by atoms with Gasteiger partial charge in [-0.05, 0) is 19.3 Å². The van der Waals surface area contributed by atoms with Crippen LogP contribution in [0.25, 0.3) is 0 Å². The lowest BCUT2D eigenvalue weighted by atomic mass is 10.00. The second-order valence-corrected chi connectivity index (χ2v) is 6.55. The summed E-state index contributed by atoms with van der Waals surface area (Å²) in [4.78, 5) is 17.0. The highest BCUT2D eigenvalue weighted by Gasteiger charge is 2.13. The van der Waals surface area contributed by atoms with Crippen LogP contribution in [-0.2, 0) is 18.6 Å². The van der Waals surface area contributed by atoms with Crippen molar-refractivity contribution in [3.05, 3.63) is 0 Å². The Balaban J connectivity index is 3.59. The molecule has 0 saturated carbocycles. The van der Waals surface area contributed by atoms with Crippen molar-refractivity contribution in [2.24, 2.45) is 5.92 Å². The van der Waals surface area contributed by atoms with Crippen molar-refractivity contribution in [1.29, 1.82) is 0 Å². The average Bonchev–Trinajstić information content (AvgIpc) is 2.41. The van der Waals surface area contributed by atoms with E-state index in [1.165, 1.54) is 25.7 Å². The summed E-state index contributed by atoms with van der Waals surface area (Å²) in [5, 5.41) is 0. The van der Waals surface area contributed by atoms with Gasteiger partial charge in [0.05, 0.1) is 25.9 Å². The fraction of sp³-hybridized carbons (Fsp3) is 1.00. The summed E-state index contributed by atoms with van der Waals surface area (Å²) in [6.45, 7) is 7.48. The van der Waals surface area contributed by atoms with Crippen molar-refractivity contribution >= 4 is 7.82 Å². The predicted octanol–water partition coefficient (Wildman–Crippen LogP) is 3.12. The molecule has 0 heterocycles. The minimum Gasteiger partial charge on any atom is -0.376 e. The average molecular weight is 326 g/mol. The number of hydrogen-bond donors (Lipinski definition) is 2. The van der Waals surface area contributed by atoms with Crippen LogP contribution in [0.2, 0.25) is 0 Å². The molecule has 0 rings (SSSR count). The first-order chi connectivity index (χ1) is 9.89. The van der Waals surface area contributed by atoms with Crippen molar-refractivity contribution in [3.63, 3.8) is 0 Å². The molecule has 6 nitrogen and oxygen atoms in total. The maximum absolute atomic E-state index is 10.4. The Hall–Kier alpha value is 0.0300. The van der Waals surface area contributed by atoms with Crippen LogP contribution in [0.3, 0.4) is 0 Å². The number of unbranched alkanes of at least 4 members (excludes halogenated alkanes) is 2. The van der Waals surface area contributed by atoms with Crippen molar-refractivity contribution in [3.8, 4) is 0 Å². The molecular weight excluding hydrogens is 295 g/mol. The standard InChI is InChI=1S/C14H31O6P/c1-4-6-7-8-14(5-2)12-19-13(3)11-18-9-10-20-21(15,16)17/h13-14H,4-12H2,1-3H3,(H2,15,16,17). The van der Waals surface area contributed by atoms with E-state index in [-0.39, 0.29) is 19.3 Å². The Morgan fingerprint density at radius 3 is 2.38 bits per heavy atom. The molecule has 2 atom stereocenters. The molecule has 0 amide bonds. The molecule has 0 aliphatic heterocycles. The van der Waals surface area contributed by atoms with E-state index in [0.717, 1.165) is 13.0 Å². The SMILES string of the molecule is CCCCCC(CC)COC(C)COCCOP(=O)(O)O. The van der Waals surface area contributed by atoms with Gasteiger partial charge in [-0.25, -0.2) is 4.57 Å². The molecule has 0 aromatic carbocycles. The summed E-state index contributed by atoms with van der Waals surface area (Å²) in [6, 6.07) is 0. The zero-order valence-electron chi connectivity index (χ0n) is 13.5. The molecule has 0 aromatic rings. The lowest BCUT2D eigenvalue weighted by molar-refractivity contribution is -0.0274. The summed E-state index contributed by atoms with van der Waals surface area (Å²) in [6.07, 6.45) is 6.05. The number of phosphoric acid groups is 1. The Morgan fingerprint density at radius 2 is 1.81 bits per heavy atom. The first-order valence-electron chi connectivity index (χ1n) is 7.78. The quantitative estimate of drug-likeness (QED) is 0.377. The normalized spacial score (nSPS) is 15.1. The lowest BCUT2D eigenvalue weighted by Gasteiger charge is -2.19. The first-order valence-corrected chi connectivity index (χ1v) is 9.31. The highest BCUT2D eigenvalue weighted by molar-refractivity contribution is 7.46. The Bertz CT molecular complexity index is 281. The van der Waals surface area contributed by atoms with Crippen LogP contribution >= 0.6 is 7.82 Å². The van der Waals surface area contributed by atoms with Crippen LogP contribution in [0.1, 0.15) is 52.9 Å². The third-order valence-electron chi connectivity index (χ3n) is 3.25. The number of ether oxygens (including phenoxy) is 2. The molecule has 2 N–H and O–H groups in total. The molecule has 0 bridgehead atoms. The number of phosphoric ester groups is 1. The molecule has 0 saturated heterocycles. The van der Waals surface area contributed by atoms with E-state index in [0.29, 0.717) is 12.5 Å². The van der Waals surface area contributed by atoms with E-state index in [1.54, 1.807) is 0 Å². The van der Waals surface area contributed by atoms with Crippen molar-refractivity contribution < 1.29 is 28.3 Å². The highest BCUT2D eigenvalue weighted by atomic mass is 31.2. The highest BCUT2D eigenvalue weighted by Crippen LogP contribution is 2.35. The number of hydrogen-bond acceptors (Lipinski definition) is 4. The summed E-state index contributed by atoms with van der Waals surface area (Å²) < 4.78 is 25.7. The summed E-state index contributed by atoms with van der Waals surface area (Å²) in [7, 11) is -4.38. The van der Waals surface area contributed by atoms with Crippen LogP contribution in [0.15, 0.2) is 0 Å². The van der Waals surface area contributed by atoms with E-state index in [1.807, 2.05) is 6.92 Å². The van der Waals surface area contributed by atoms with Crippen LogP contribution in [-0.4, -0.2) is 42.3 Å². The monoisotopic (exact) mass is 326 g/mol. The Kier molecular flexibility index (Phi) is 12.6. The molecular formula is C14H31O6P. The van der Waals surface area contributed by atoms with Crippen LogP contribution in [0.4, 0.5) is 0 Å². The third-order valence-corrected chi connectivity index (χ3v) is 3.77. The predicted molar refractivity (Wildman–Crippen MR) is 82.2 cm³/mol. The van der Waals surface area contributed by atoms with E-state index < -0.39 is 7.82 Å². The van der Waals surface area contributed by atoms with E-state index >= 15 is 0 Å². The fourth-order valence-electron chi connectivity index (χ4n) is 1.90. The molecule has 0 aliphatic carbocycles. The first kappa shape index (κ1) is 21.0. The second-order valence-electron chi connectivity index (χ2n) is 5.31. The zero-order chi connectivity index (χ0) is 16.1. The molecule has 0 aliphatic rings. The Morgan fingerprint density at radius 1 is 1.10 bits per heavy atom. The molecule has 0 spiro atoms. The minimum absolute atomic E-state index is 0.0275. The summed E-state index contributed by atoms with van der Waals surface area (Å²) in [5.74, 6) is 0.594. The van der Waals surface area contributed by atoms with Crippen molar-refractivity contribution in [2.75, 3.05) is 26.4 Å². The number of rotatable bonds is 14. The lowest BCUT2D eigenvalue weighted by Crippen LogP contribution is -2.21.